The Labute approximate surface area is 248 Å². The van der Waals surface area contributed by atoms with E-state index in [1.54, 1.807) is 49.4 Å². The summed E-state index contributed by atoms with van der Waals surface area (Å²) in [5.41, 5.74) is 1.03. The number of anilines is 1. The topological polar surface area (TPSA) is 124 Å². The molecular weight excluding hydrogens is 560 g/mol. The molecule has 0 aliphatic carbocycles. The smallest absolute Gasteiger partial charge is 0.350 e. The largest absolute Gasteiger partial charge is 0.507 e. The molecule has 0 spiro atoms. The van der Waals surface area contributed by atoms with E-state index < -0.39 is 23.7 Å². The Bertz CT molecular complexity index is 1500. The summed E-state index contributed by atoms with van der Waals surface area (Å²) in [6, 6.07) is 10.6. The van der Waals surface area contributed by atoms with Crippen molar-refractivity contribution < 1.29 is 38.4 Å². The molecule has 222 valence electrons. The summed E-state index contributed by atoms with van der Waals surface area (Å²) in [7, 11) is 2.77. The Kier molecular flexibility index (Phi) is 9.84. The molecule has 10 nitrogen and oxygen atoms in total. The van der Waals surface area contributed by atoms with Crippen molar-refractivity contribution in [3.63, 3.8) is 0 Å². The predicted octanol–water partition coefficient (Wildman–Crippen LogP) is 5.84. The fraction of sp³-hybridized carbons (Fsp3) is 0.355. The Morgan fingerprint density at radius 1 is 1.02 bits per heavy atom. The number of ether oxygens (including phenoxy) is 4. The number of aliphatic hydroxyl groups is 1. The average Bonchev–Trinajstić information content (AvgIpc) is 3.51. The first kappa shape index (κ1) is 30.6. The third-order valence-corrected chi connectivity index (χ3v) is 7.90. The Balaban J connectivity index is 1.88. The lowest BCUT2D eigenvalue weighted by atomic mass is 9.95. The van der Waals surface area contributed by atoms with Crippen LogP contribution in [-0.4, -0.2) is 55.2 Å². The molecule has 1 N–H and O–H groups in total. The highest BCUT2D eigenvalue weighted by molar-refractivity contribution is 7.17. The van der Waals surface area contributed by atoms with Crippen LogP contribution in [0.1, 0.15) is 65.6 Å². The minimum Gasteiger partial charge on any atom is -0.507 e. The lowest BCUT2D eigenvalue weighted by Crippen LogP contribution is -2.29. The standard InChI is InChI=1S/C31H34N2O8S/c1-6-8-9-16-41-22-15-12-20(17-23(22)40-7-2)25-24(26(34)19-10-13-21(38-4)14-11-19)27(35)29(36)33(25)31-32-18(3)28(42-31)30(37)39-5/h10-15,17,25,34H,6-9,16H2,1-5H3. The van der Waals surface area contributed by atoms with E-state index in [0.717, 1.165) is 30.6 Å². The van der Waals surface area contributed by atoms with Gasteiger partial charge in [-0.3, -0.25) is 14.5 Å². The van der Waals surface area contributed by atoms with E-state index in [4.69, 9.17) is 18.9 Å². The van der Waals surface area contributed by atoms with Gasteiger partial charge in [-0.05, 0) is 62.2 Å². The number of Topliss-reactive ketones (excluding diaryl/α,β-unsaturated/α-hetero) is 1. The molecular formula is C31H34N2O8S. The highest BCUT2D eigenvalue weighted by Gasteiger charge is 2.48. The molecule has 0 saturated carbocycles. The molecule has 1 aliphatic heterocycles. The number of hydrogen-bond acceptors (Lipinski definition) is 10. The molecule has 1 amide bonds. The molecule has 3 aromatic rings. The van der Waals surface area contributed by atoms with Gasteiger partial charge in [-0.1, -0.05) is 37.2 Å². The maximum absolute atomic E-state index is 13.6. The maximum atomic E-state index is 13.6. The number of nitrogens with zero attached hydrogens (tertiary/aromatic N) is 2. The fourth-order valence-corrected chi connectivity index (χ4v) is 5.65. The second-order valence-electron chi connectivity index (χ2n) is 9.49. The summed E-state index contributed by atoms with van der Waals surface area (Å²) in [6.07, 6.45) is 2.97. The van der Waals surface area contributed by atoms with Gasteiger partial charge >= 0.3 is 11.9 Å². The molecule has 1 fully saturated rings. The van der Waals surface area contributed by atoms with E-state index in [1.165, 1.54) is 19.1 Å². The van der Waals surface area contributed by atoms with Crippen LogP contribution < -0.4 is 19.1 Å². The number of aliphatic hydroxyl groups excluding tert-OH is 1. The van der Waals surface area contributed by atoms with Crippen molar-refractivity contribution in [3.8, 4) is 17.2 Å². The van der Waals surface area contributed by atoms with Crippen molar-refractivity contribution >= 4 is 39.9 Å². The first-order valence-electron chi connectivity index (χ1n) is 13.7. The summed E-state index contributed by atoms with van der Waals surface area (Å²) >= 11 is 0.932. The van der Waals surface area contributed by atoms with Gasteiger partial charge in [-0.15, -0.1) is 0 Å². The molecule has 0 bridgehead atoms. The van der Waals surface area contributed by atoms with E-state index in [0.29, 0.717) is 47.3 Å². The predicted molar refractivity (Wildman–Crippen MR) is 159 cm³/mol. The first-order chi connectivity index (χ1) is 20.2. The minimum absolute atomic E-state index is 0.117. The Hall–Kier alpha value is -4.38. The van der Waals surface area contributed by atoms with Crippen LogP contribution in [0.15, 0.2) is 48.0 Å². The summed E-state index contributed by atoms with van der Waals surface area (Å²) in [4.78, 5) is 45.3. The summed E-state index contributed by atoms with van der Waals surface area (Å²) in [6.45, 7) is 6.44. The number of ketones is 1. The SMILES string of the molecule is CCCCCOc1ccc(C2C(=C(O)c3ccc(OC)cc3)C(=O)C(=O)N2c2nc(C)c(C(=O)OC)s2)cc1OCC. The van der Waals surface area contributed by atoms with Crippen molar-refractivity contribution in [2.45, 2.75) is 46.1 Å². The van der Waals surface area contributed by atoms with E-state index in [2.05, 4.69) is 11.9 Å². The van der Waals surface area contributed by atoms with E-state index in [9.17, 15) is 19.5 Å². The summed E-state index contributed by atoms with van der Waals surface area (Å²) < 4.78 is 21.9. The van der Waals surface area contributed by atoms with Gasteiger partial charge in [-0.2, -0.15) is 0 Å². The van der Waals surface area contributed by atoms with Gasteiger partial charge in [0.15, 0.2) is 16.6 Å². The molecule has 1 aliphatic rings. The lowest BCUT2D eigenvalue weighted by molar-refractivity contribution is -0.132. The van der Waals surface area contributed by atoms with Crippen molar-refractivity contribution in [3.05, 3.63) is 69.7 Å². The monoisotopic (exact) mass is 594 g/mol. The molecule has 11 heteroatoms. The van der Waals surface area contributed by atoms with Crippen LogP contribution in [0.25, 0.3) is 5.76 Å². The van der Waals surface area contributed by atoms with Crippen LogP contribution in [0, 0.1) is 6.92 Å². The normalized spacial score (nSPS) is 16.0. The van der Waals surface area contributed by atoms with Crippen molar-refractivity contribution in [1.82, 2.24) is 4.98 Å². The van der Waals surface area contributed by atoms with Crippen molar-refractivity contribution in [2.24, 2.45) is 0 Å². The highest BCUT2D eigenvalue weighted by atomic mass is 32.1. The number of methoxy groups -OCH3 is 2. The number of rotatable bonds is 12. The zero-order chi connectivity index (χ0) is 30.4. The highest BCUT2D eigenvalue weighted by Crippen LogP contribution is 2.45. The van der Waals surface area contributed by atoms with Crippen molar-refractivity contribution in [1.29, 1.82) is 0 Å². The first-order valence-corrected chi connectivity index (χ1v) is 14.5. The number of thiazole rings is 1. The average molecular weight is 595 g/mol. The number of carbonyl (C=O) groups is 3. The van der Waals surface area contributed by atoms with Crippen LogP contribution in [0.4, 0.5) is 5.13 Å². The lowest BCUT2D eigenvalue weighted by Gasteiger charge is -2.24. The van der Waals surface area contributed by atoms with Crippen LogP contribution in [0.5, 0.6) is 17.2 Å². The number of amides is 1. The number of hydrogen-bond donors (Lipinski definition) is 1. The van der Waals surface area contributed by atoms with Gasteiger partial charge in [-0.25, -0.2) is 9.78 Å². The molecule has 2 aromatic carbocycles. The van der Waals surface area contributed by atoms with Gasteiger partial charge in [0.25, 0.3) is 5.78 Å². The molecule has 0 radical (unpaired) electrons. The maximum Gasteiger partial charge on any atom is 0.350 e. The van der Waals surface area contributed by atoms with Gasteiger partial charge in [0.2, 0.25) is 0 Å². The number of aryl methyl sites for hydroxylation is 1. The second kappa shape index (κ2) is 13.5. The molecule has 2 heterocycles. The van der Waals surface area contributed by atoms with E-state index in [1.807, 2.05) is 6.92 Å². The molecule has 4 rings (SSSR count). The third-order valence-electron chi connectivity index (χ3n) is 6.76. The van der Waals surface area contributed by atoms with E-state index in [-0.39, 0.29) is 21.3 Å². The fourth-order valence-electron chi connectivity index (χ4n) is 4.63. The molecule has 1 saturated heterocycles. The van der Waals surface area contributed by atoms with E-state index >= 15 is 0 Å². The van der Waals surface area contributed by atoms with Crippen LogP contribution in [0.3, 0.4) is 0 Å². The number of benzene rings is 2. The zero-order valence-electron chi connectivity index (χ0n) is 24.3. The van der Waals surface area contributed by atoms with Gasteiger partial charge in [0.05, 0.1) is 44.7 Å². The summed E-state index contributed by atoms with van der Waals surface area (Å²) in [5, 5.41) is 11.6. The minimum atomic E-state index is -1.07. The van der Waals surface area contributed by atoms with Crippen LogP contribution >= 0.6 is 11.3 Å². The molecule has 42 heavy (non-hydrogen) atoms. The Morgan fingerprint density at radius 3 is 2.40 bits per heavy atom. The van der Waals surface area contributed by atoms with Gasteiger partial charge in [0, 0.05) is 5.56 Å². The molecule has 1 unspecified atom stereocenters. The third kappa shape index (κ3) is 6.11. The van der Waals surface area contributed by atoms with Crippen molar-refractivity contribution in [2.75, 3.05) is 32.3 Å². The summed E-state index contributed by atoms with van der Waals surface area (Å²) in [5.74, 6) is -1.22. The number of esters is 1. The number of aromatic nitrogens is 1. The molecule has 1 atom stereocenters. The van der Waals surface area contributed by atoms with Crippen LogP contribution in [0.2, 0.25) is 0 Å². The van der Waals surface area contributed by atoms with Gasteiger partial charge < -0.3 is 24.1 Å². The Morgan fingerprint density at radius 2 is 1.76 bits per heavy atom. The molecule has 1 aromatic heterocycles. The number of carbonyl (C=O) groups excluding carboxylic acids is 3. The van der Waals surface area contributed by atoms with Crippen LogP contribution in [-0.2, 0) is 14.3 Å². The zero-order valence-corrected chi connectivity index (χ0v) is 25.1. The second-order valence-corrected chi connectivity index (χ2v) is 10.5. The number of unbranched alkanes of at least 4 members (excludes halogenated alkanes) is 2. The quantitative estimate of drug-likeness (QED) is 0.0905. The van der Waals surface area contributed by atoms with Gasteiger partial charge in [0.1, 0.15) is 16.4 Å².